The van der Waals surface area contributed by atoms with Gasteiger partial charge < -0.3 is 9.84 Å². The molecule has 0 bridgehead atoms. The Labute approximate surface area is 82.6 Å². The number of rotatable bonds is 2. The van der Waals surface area contributed by atoms with E-state index in [4.69, 9.17) is 10.00 Å². The zero-order valence-electron chi connectivity index (χ0n) is 7.95. The third kappa shape index (κ3) is 1.16. The fourth-order valence-corrected chi connectivity index (χ4v) is 1.89. The van der Waals surface area contributed by atoms with Gasteiger partial charge in [0.05, 0.1) is 19.6 Å². The first-order chi connectivity index (χ1) is 6.69. The van der Waals surface area contributed by atoms with Crippen molar-refractivity contribution in [3.8, 4) is 11.8 Å². The lowest BCUT2D eigenvalue weighted by molar-refractivity contribution is 0.0173. The third-order valence-corrected chi connectivity index (χ3v) is 2.67. The predicted molar refractivity (Wildman–Crippen MR) is 50.8 cm³/mol. The molecular formula is C11H11NO2. The molecule has 0 spiro atoms. The van der Waals surface area contributed by atoms with E-state index < -0.39 is 5.60 Å². The highest BCUT2D eigenvalue weighted by atomic mass is 16.5. The van der Waals surface area contributed by atoms with Gasteiger partial charge in [0, 0.05) is 6.42 Å². The molecule has 1 aromatic rings. The highest BCUT2D eigenvalue weighted by Gasteiger charge is 2.40. The molecule has 0 saturated carbocycles. The summed E-state index contributed by atoms with van der Waals surface area (Å²) in [5.74, 6) is 0.794. The van der Waals surface area contributed by atoms with Crippen LogP contribution in [-0.4, -0.2) is 12.2 Å². The quantitative estimate of drug-likeness (QED) is 0.764. The fourth-order valence-electron chi connectivity index (χ4n) is 1.89. The number of aliphatic hydroxyl groups is 1. The summed E-state index contributed by atoms with van der Waals surface area (Å²) in [6.07, 6.45) is 0.708. The number of methoxy groups -OCH3 is 1. The van der Waals surface area contributed by atoms with Crippen molar-refractivity contribution in [2.75, 3.05) is 7.11 Å². The molecule has 1 unspecified atom stereocenters. The Hall–Kier alpha value is -1.53. The summed E-state index contributed by atoms with van der Waals surface area (Å²) in [4.78, 5) is 0. The van der Waals surface area contributed by atoms with Crippen LogP contribution in [0.3, 0.4) is 0 Å². The number of benzene rings is 1. The zero-order chi connectivity index (χ0) is 10.2. The second-order valence-electron chi connectivity index (χ2n) is 3.57. The number of nitrogens with zero attached hydrogens (tertiary/aromatic N) is 1. The maximum atomic E-state index is 9.96. The summed E-state index contributed by atoms with van der Waals surface area (Å²) in [6, 6.07) is 7.54. The van der Waals surface area contributed by atoms with Crippen LogP contribution in [0, 0.1) is 11.3 Å². The van der Waals surface area contributed by atoms with Gasteiger partial charge in [-0.3, -0.25) is 0 Å². The maximum absolute atomic E-state index is 9.96. The van der Waals surface area contributed by atoms with Crippen LogP contribution in [0.5, 0.6) is 5.75 Å². The zero-order valence-corrected chi connectivity index (χ0v) is 7.95. The fraction of sp³-hybridized carbons (Fsp3) is 0.364. The Morgan fingerprint density at radius 3 is 3.00 bits per heavy atom. The van der Waals surface area contributed by atoms with Gasteiger partial charge in [-0.1, -0.05) is 6.07 Å². The van der Waals surface area contributed by atoms with E-state index in [1.807, 2.05) is 18.2 Å². The van der Waals surface area contributed by atoms with Crippen molar-refractivity contribution < 1.29 is 9.84 Å². The number of hydrogen-bond donors (Lipinski definition) is 1. The summed E-state index contributed by atoms with van der Waals surface area (Å²) >= 11 is 0. The second-order valence-corrected chi connectivity index (χ2v) is 3.57. The van der Waals surface area contributed by atoms with Gasteiger partial charge in [0.15, 0.2) is 0 Å². The summed E-state index contributed by atoms with van der Waals surface area (Å²) in [7, 11) is 1.61. The monoisotopic (exact) mass is 189 g/mol. The van der Waals surface area contributed by atoms with Gasteiger partial charge in [0.1, 0.15) is 11.4 Å². The number of ether oxygens (including phenoxy) is 1. The van der Waals surface area contributed by atoms with E-state index in [1.54, 1.807) is 13.2 Å². The molecule has 0 radical (unpaired) electrons. The van der Waals surface area contributed by atoms with E-state index >= 15 is 0 Å². The van der Waals surface area contributed by atoms with Crippen molar-refractivity contribution in [2.24, 2.45) is 0 Å². The van der Waals surface area contributed by atoms with Crippen molar-refractivity contribution in [3.05, 3.63) is 29.3 Å². The Morgan fingerprint density at radius 2 is 2.43 bits per heavy atom. The van der Waals surface area contributed by atoms with Crippen LogP contribution in [0.4, 0.5) is 0 Å². The average molecular weight is 189 g/mol. The summed E-state index contributed by atoms with van der Waals surface area (Å²) in [6.45, 7) is 0. The third-order valence-electron chi connectivity index (χ3n) is 2.67. The molecule has 3 nitrogen and oxygen atoms in total. The van der Waals surface area contributed by atoms with Gasteiger partial charge in [-0.05, 0) is 23.3 Å². The summed E-state index contributed by atoms with van der Waals surface area (Å²) < 4.78 is 5.07. The first kappa shape index (κ1) is 9.04. The first-order valence-electron chi connectivity index (χ1n) is 4.46. The Kier molecular flexibility index (Phi) is 1.94. The van der Waals surface area contributed by atoms with Crippen molar-refractivity contribution in [1.82, 2.24) is 0 Å². The lowest BCUT2D eigenvalue weighted by Gasteiger charge is -2.37. The molecule has 3 heteroatoms. The maximum Gasteiger partial charge on any atom is 0.119 e. The standard InChI is InChI=1S/C11H11NO2/c1-14-9-2-3-10-8(6-9)7-11(10,13)4-5-12/h2-3,6,13H,4,7H2,1H3. The van der Waals surface area contributed by atoms with Gasteiger partial charge in [-0.2, -0.15) is 5.26 Å². The molecule has 1 N–H and O–H groups in total. The van der Waals surface area contributed by atoms with Gasteiger partial charge in [0.25, 0.3) is 0 Å². The van der Waals surface area contributed by atoms with Gasteiger partial charge in [0.2, 0.25) is 0 Å². The molecule has 0 fully saturated rings. The van der Waals surface area contributed by atoms with Gasteiger partial charge >= 0.3 is 0 Å². The molecule has 1 atom stereocenters. The van der Waals surface area contributed by atoms with Crippen molar-refractivity contribution >= 4 is 0 Å². The number of hydrogen-bond acceptors (Lipinski definition) is 3. The molecule has 0 aromatic heterocycles. The topological polar surface area (TPSA) is 53.2 Å². The smallest absolute Gasteiger partial charge is 0.119 e. The van der Waals surface area contributed by atoms with E-state index in [0.29, 0.717) is 6.42 Å². The van der Waals surface area contributed by atoms with E-state index in [1.165, 1.54) is 0 Å². The minimum absolute atomic E-state index is 0.159. The average Bonchev–Trinajstić information content (AvgIpc) is 2.16. The normalized spacial score (nSPS) is 23.2. The lowest BCUT2D eigenvalue weighted by Crippen LogP contribution is -2.38. The highest BCUT2D eigenvalue weighted by Crippen LogP contribution is 2.42. The van der Waals surface area contributed by atoms with Crippen LogP contribution in [0.2, 0.25) is 0 Å². The Balaban J connectivity index is 2.32. The van der Waals surface area contributed by atoms with Crippen LogP contribution in [-0.2, 0) is 12.0 Å². The molecular weight excluding hydrogens is 178 g/mol. The molecule has 1 aromatic carbocycles. The Morgan fingerprint density at radius 1 is 1.64 bits per heavy atom. The molecule has 1 aliphatic carbocycles. The van der Waals surface area contributed by atoms with Crippen LogP contribution >= 0.6 is 0 Å². The molecule has 0 aliphatic heterocycles. The molecule has 0 amide bonds. The predicted octanol–water partition coefficient (Wildman–Crippen LogP) is 1.35. The molecule has 2 rings (SSSR count). The van der Waals surface area contributed by atoms with E-state index in [-0.39, 0.29) is 6.42 Å². The van der Waals surface area contributed by atoms with Crippen molar-refractivity contribution in [3.63, 3.8) is 0 Å². The lowest BCUT2D eigenvalue weighted by atomic mass is 9.72. The first-order valence-corrected chi connectivity index (χ1v) is 4.46. The highest BCUT2D eigenvalue weighted by molar-refractivity contribution is 5.47. The van der Waals surface area contributed by atoms with Crippen LogP contribution in [0.15, 0.2) is 18.2 Å². The van der Waals surface area contributed by atoms with Crippen LogP contribution in [0.25, 0.3) is 0 Å². The molecule has 72 valence electrons. The summed E-state index contributed by atoms with van der Waals surface area (Å²) in [5.41, 5.74) is 1.01. The second kappa shape index (κ2) is 3.00. The van der Waals surface area contributed by atoms with Gasteiger partial charge in [-0.15, -0.1) is 0 Å². The Bertz CT molecular complexity index is 408. The van der Waals surface area contributed by atoms with Crippen LogP contribution in [0.1, 0.15) is 17.5 Å². The van der Waals surface area contributed by atoms with E-state index in [2.05, 4.69) is 0 Å². The minimum Gasteiger partial charge on any atom is -0.497 e. The van der Waals surface area contributed by atoms with Crippen molar-refractivity contribution in [1.29, 1.82) is 5.26 Å². The van der Waals surface area contributed by atoms with Crippen LogP contribution < -0.4 is 4.74 Å². The molecule has 0 heterocycles. The molecule has 14 heavy (non-hydrogen) atoms. The van der Waals surface area contributed by atoms with E-state index in [0.717, 1.165) is 16.9 Å². The number of nitriles is 1. The molecule has 1 aliphatic rings. The summed E-state index contributed by atoms with van der Waals surface area (Å²) in [5, 5.41) is 18.5. The SMILES string of the molecule is COc1ccc2c(c1)CC2(O)CC#N. The van der Waals surface area contributed by atoms with Gasteiger partial charge in [-0.25, -0.2) is 0 Å². The minimum atomic E-state index is -0.920. The van der Waals surface area contributed by atoms with Crippen molar-refractivity contribution in [2.45, 2.75) is 18.4 Å². The van der Waals surface area contributed by atoms with E-state index in [9.17, 15) is 5.11 Å². The largest absolute Gasteiger partial charge is 0.497 e. The molecule has 0 saturated heterocycles. The number of fused-ring (bicyclic) bond motifs is 1.